The lowest BCUT2D eigenvalue weighted by Crippen LogP contribution is -2.32. The molecule has 2 fully saturated rings. The van der Waals surface area contributed by atoms with Crippen LogP contribution in [0, 0.1) is 0 Å². The number of rotatable bonds is 4. The number of hydrogen-bond donors (Lipinski definition) is 1. The third-order valence-electron chi connectivity index (χ3n) is 4.53. The van der Waals surface area contributed by atoms with E-state index < -0.39 is 9.84 Å². The molecule has 1 amide bonds. The smallest absolute Gasteiger partial charge is 0.414 e. The molecule has 0 radical (unpaired) electrons. The van der Waals surface area contributed by atoms with E-state index in [4.69, 9.17) is 17.0 Å². The first kappa shape index (κ1) is 18.9. The van der Waals surface area contributed by atoms with Crippen LogP contribution < -0.4 is 15.1 Å². The van der Waals surface area contributed by atoms with Crippen molar-refractivity contribution < 1.29 is 17.9 Å². The lowest BCUT2D eigenvalue weighted by molar-refractivity contribution is 0.143. The Morgan fingerprint density at radius 3 is 2.62 bits per heavy atom. The van der Waals surface area contributed by atoms with E-state index in [-0.39, 0.29) is 23.7 Å². The predicted octanol–water partition coefficient (Wildman–Crippen LogP) is 1.57. The summed E-state index contributed by atoms with van der Waals surface area (Å²) in [6.45, 7) is 3.97. The van der Waals surface area contributed by atoms with Crippen LogP contribution in [0.25, 0.3) is 0 Å². The van der Waals surface area contributed by atoms with Gasteiger partial charge in [-0.3, -0.25) is 4.90 Å². The quantitative estimate of drug-likeness (QED) is 0.773. The maximum Gasteiger partial charge on any atom is 0.414 e. The van der Waals surface area contributed by atoms with E-state index in [9.17, 15) is 13.2 Å². The number of amides is 1. The zero-order valence-corrected chi connectivity index (χ0v) is 16.3. The van der Waals surface area contributed by atoms with Gasteiger partial charge in [-0.25, -0.2) is 13.2 Å². The summed E-state index contributed by atoms with van der Waals surface area (Å²) in [6, 6.07) is 7.59. The molecule has 142 valence electrons. The van der Waals surface area contributed by atoms with Crippen molar-refractivity contribution >= 4 is 44.5 Å². The van der Waals surface area contributed by atoms with Crippen molar-refractivity contribution in [2.45, 2.75) is 19.4 Å². The van der Waals surface area contributed by atoms with Gasteiger partial charge in [-0.1, -0.05) is 12.2 Å². The minimum atomic E-state index is -2.93. The molecule has 1 unspecified atom stereocenters. The van der Waals surface area contributed by atoms with Gasteiger partial charge in [0.1, 0.15) is 6.10 Å². The average Bonchev–Trinajstić information content (AvgIpc) is 2.86. The van der Waals surface area contributed by atoms with Gasteiger partial charge in [0.05, 0.1) is 29.6 Å². The summed E-state index contributed by atoms with van der Waals surface area (Å²) >= 11 is 4.98. The third kappa shape index (κ3) is 4.64. The molecule has 2 aliphatic heterocycles. The molecule has 0 bridgehead atoms. The molecule has 2 saturated heterocycles. The second-order valence-electron chi connectivity index (χ2n) is 6.56. The van der Waals surface area contributed by atoms with E-state index in [0.717, 1.165) is 17.9 Å². The minimum Gasteiger partial charge on any atom is -0.442 e. The first-order chi connectivity index (χ1) is 12.3. The van der Waals surface area contributed by atoms with E-state index in [1.165, 1.54) is 0 Å². The molecule has 1 N–H and O–H groups in total. The van der Waals surface area contributed by atoms with Crippen LogP contribution in [-0.4, -0.2) is 63.3 Å². The van der Waals surface area contributed by atoms with E-state index in [1.54, 1.807) is 11.8 Å². The predicted molar refractivity (Wildman–Crippen MR) is 106 cm³/mol. The number of carbonyl (C=O) groups excluding carboxylic acids is 1. The summed E-state index contributed by atoms with van der Waals surface area (Å²) in [5.74, 6) is 0.430. The molecule has 7 nitrogen and oxygen atoms in total. The summed E-state index contributed by atoms with van der Waals surface area (Å²) in [5, 5.41) is 3.02. The third-order valence-corrected chi connectivity index (χ3v) is 6.39. The summed E-state index contributed by atoms with van der Waals surface area (Å²) in [4.78, 5) is 16.4. The number of anilines is 2. The highest BCUT2D eigenvalue weighted by Gasteiger charge is 2.32. The van der Waals surface area contributed by atoms with Gasteiger partial charge in [-0.15, -0.1) is 0 Å². The lowest BCUT2D eigenvalue weighted by atomic mass is 10.2. The van der Waals surface area contributed by atoms with Crippen molar-refractivity contribution in [3.63, 3.8) is 0 Å². The molecule has 1 aromatic rings. The van der Waals surface area contributed by atoms with Gasteiger partial charge in [-0.05, 0) is 37.6 Å². The molecule has 0 aromatic heterocycles. The number of nitrogens with zero attached hydrogens (tertiary/aromatic N) is 2. The van der Waals surface area contributed by atoms with E-state index in [1.807, 2.05) is 24.3 Å². The average molecular weight is 398 g/mol. The van der Waals surface area contributed by atoms with Crippen LogP contribution in [0.1, 0.15) is 13.3 Å². The maximum absolute atomic E-state index is 12.1. The Morgan fingerprint density at radius 2 is 1.92 bits per heavy atom. The van der Waals surface area contributed by atoms with Crippen molar-refractivity contribution in [2.75, 3.05) is 47.5 Å². The molecule has 26 heavy (non-hydrogen) atoms. The molecule has 0 saturated carbocycles. The Bertz CT molecular complexity index is 780. The van der Waals surface area contributed by atoms with Gasteiger partial charge in [0.15, 0.2) is 9.84 Å². The molecule has 1 atom stereocenters. The van der Waals surface area contributed by atoms with Crippen LogP contribution in [0.4, 0.5) is 16.2 Å². The fourth-order valence-electron chi connectivity index (χ4n) is 3.14. The molecule has 0 aliphatic carbocycles. The minimum absolute atomic E-state index is 0.182. The fourth-order valence-corrected chi connectivity index (χ4v) is 4.49. The van der Waals surface area contributed by atoms with Crippen LogP contribution in [0.15, 0.2) is 24.3 Å². The Balaban J connectivity index is 1.64. The summed E-state index contributed by atoms with van der Waals surface area (Å²) in [6.07, 6.45) is 0.0274. The number of thiocarbonyl (C=S) groups is 1. The van der Waals surface area contributed by atoms with Crippen LogP contribution in [-0.2, 0) is 14.6 Å². The van der Waals surface area contributed by atoms with Gasteiger partial charge >= 0.3 is 6.09 Å². The van der Waals surface area contributed by atoms with Gasteiger partial charge in [0.25, 0.3) is 0 Å². The first-order valence-corrected chi connectivity index (χ1v) is 10.8. The topological polar surface area (TPSA) is 79.0 Å². The number of carbonyl (C=O) groups is 1. The van der Waals surface area contributed by atoms with Gasteiger partial charge in [0, 0.05) is 24.5 Å². The number of ether oxygens (including phenoxy) is 1. The summed E-state index contributed by atoms with van der Waals surface area (Å²) in [7, 11) is -2.93. The molecule has 3 rings (SSSR count). The molecule has 9 heteroatoms. The number of benzene rings is 1. The van der Waals surface area contributed by atoms with Crippen molar-refractivity contribution in [2.24, 2.45) is 0 Å². The van der Waals surface area contributed by atoms with Crippen molar-refractivity contribution in [3.8, 4) is 0 Å². The zero-order valence-electron chi connectivity index (χ0n) is 14.7. The van der Waals surface area contributed by atoms with Crippen molar-refractivity contribution in [3.05, 3.63) is 24.3 Å². The molecule has 2 aliphatic rings. The Labute approximate surface area is 159 Å². The number of hydrogen-bond acceptors (Lipinski definition) is 6. The molecular formula is C17H23N3O4S2. The first-order valence-electron chi connectivity index (χ1n) is 8.62. The van der Waals surface area contributed by atoms with Crippen molar-refractivity contribution in [1.82, 2.24) is 5.32 Å². The Morgan fingerprint density at radius 1 is 1.23 bits per heavy atom. The standard InChI is InChI=1S/C17H23N3O4S2/c1-13(25)18-11-16-12-20(17(21)24-16)15-5-3-14(4-6-15)19-7-2-9-26(22,23)10-8-19/h3-6,16H,2,7-12H2,1H3,(H,18,25). The number of cyclic esters (lactones) is 1. The second-order valence-corrected chi connectivity index (χ2v) is 9.48. The monoisotopic (exact) mass is 397 g/mol. The normalized spacial score (nSPS) is 22.7. The van der Waals surface area contributed by atoms with Gasteiger partial charge < -0.3 is 15.0 Å². The lowest BCUT2D eigenvalue weighted by Gasteiger charge is -2.23. The molecule has 2 heterocycles. The Hall–Kier alpha value is -1.87. The zero-order chi connectivity index (χ0) is 18.7. The largest absolute Gasteiger partial charge is 0.442 e. The molecule has 0 spiro atoms. The van der Waals surface area contributed by atoms with Gasteiger partial charge in [-0.2, -0.15) is 0 Å². The molecule has 1 aromatic carbocycles. The van der Waals surface area contributed by atoms with Crippen LogP contribution >= 0.6 is 12.2 Å². The maximum atomic E-state index is 12.1. The summed E-state index contributed by atoms with van der Waals surface area (Å²) < 4.78 is 28.8. The fraction of sp³-hybridized carbons (Fsp3) is 0.529. The Kier molecular flexibility index (Phi) is 5.67. The number of sulfone groups is 1. The van der Waals surface area contributed by atoms with Crippen LogP contribution in [0.3, 0.4) is 0 Å². The van der Waals surface area contributed by atoms with Crippen LogP contribution in [0.5, 0.6) is 0 Å². The van der Waals surface area contributed by atoms with Gasteiger partial charge in [0.2, 0.25) is 0 Å². The van der Waals surface area contributed by atoms with E-state index >= 15 is 0 Å². The van der Waals surface area contributed by atoms with Crippen LogP contribution in [0.2, 0.25) is 0 Å². The highest BCUT2D eigenvalue weighted by molar-refractivity contribution is 7.91. The number of nitrogens with one attached hydrogen (secondary N) is 1. The highest BCUT2D eigenvalue weighted by atomic mass is 32.2. The van der Waals surface area contributed by atoms with E-state index in [0.29, 0.717) is 31.0 Å². The molecular weight excluding hydrogens is 374 g/mol. The van der Waals surface area contributed by atoms with Crippen molar-refractivity contribution in [1.29, 1.82) is 0 Å². The van der Waals surface area contributed by atoms with E-state index in [2.05, 4.69) is 10.2 Å². The highest BCUT2D eigenvalue weighted by Crippen LogP contribution is 2.25. The summed E-state index contributed by atoms with van der Waals surface area (Å²) in [5.41, 5.74) is 1.73. The second kappa shape index (κ2) is 7.79. The SMILES string of the molecule is CC(=S)NCC1CN(c2ccc(N3CCCS(=O)(=O)CC3)cc2)C(=O)O1.